The van der Waals surface area contributed by atoms with Crippen LogP contribution < -0.4 is 5.32 Å². The number of aromatic nitrogens is 1. The maximum Gasteiger partial charge on any atom is 0.251 e. The molecule has 2 bridgehead atoms. The van der Waals surface area contributed by atoms with E-state index in [9.17, 15) is 4.79 Å². The molecular weight excluding hydrogens is 326 g/mol. The van der Waals surface area contributed by atoms with Crippen LogP contribution in [0.2, 0.25) is 0 Å². The first-order chi connectivity index (χ1) is 11.3. The van der Waals surface area contributed by atoms with Crippen LogP contribution in [0.25, 0.3) is 0 Å². The molecule has 0 saturated carbocycles. The molecule has 1 unspecified atom stereocenters. The van der Waals surface area contributed by atoms with E-state index in [1.54, 1.807) is 23.1 Å². The third-order valence-corrected chi connectivity index (χ3v) is 6.60. The van der Waals surface area contributed by atoms with Gasteiger partial charge in [0.25, 0.3) is 5.91 Å². The molecule has 23 heavy (non-hydrogen) atoms. The Bertz CT molecular complexity index is 664. The molecule has 1 atom stereocenters. The fraction of sp³-hybridized carbons (Fsp3) is 0.412. The fourth-order valence-corrected chi connectivity index (χ4v) is 5.01. The van der Waals surface area contributed by atoms with Gasteiger partial charge in [-0.3, -0.25) is 4.79 Å². The van der Waals surface area contributed by atoms with E-state index in [1.165, 1.54) is 25.9 Å². The fourth-order valence-electron chi connectivity index (χ4n) is 3.42. The molecule has 6 heteroatoms. The highest BCUT2D eigenvalue weighted by Crippen LogP contribution is 2.30. The third kappa shape index (κ3) is 3.44. The minimum atomic E-state index is 0.0505. The van der Waals surface area contributed by atoms with Gasteiger partial charge in [0.05, 0.1) is 0 Å². The Morgan fingerprint density at radius 3 is 2.65 bits per heavy atom. The summed E-state index contributed by atoms with van der Waals surface area (Å²) < 4.78 is 1.02. The lowest BCUT2D eigenvalue weighted by Gasteiger charge is -2.44. The van der Waals surface area contributed by atoms with Gasteiger partial charge in [-0.25, -0.2) is 4.98 Å². The quantitative estimate of drug-likeness (QED) is 0.925. The molecule has 1 N–H and O–H groups in total. The Hall–Kier alpha value is -1.37. The zero-order valence-corrected chi connectivity index (χ0v) is 14.4. The number of hydrogen-bond donors (Lipinski definition) is 1. The molecule has 3 fully saturated rings. The second kappa shape index (κ2) is 6.63. The number of amides is 1. The molecule has 3 saturated heterocycles. The standard InChI is InChI=1S/C17H19N3OS2/c21-16(19-15-11-20-8-5-12(15)6-9-20)13-1-3-14(4-2-13)23-17-18-7-10-22-17/h1-4,7,10,12,15H,5-6,8-9,11H2,(H,19,21). The lowest BCUT2D eigenvalue weighted by molar-refractivity contribution is 0.0620. The van der Waals surface area contributed by atoms with Crippen molar-refractivity contribution < 1.29 is 4.79 Å². The summed E-state index contributed by atoms with van der Waals surface area (Å²) in [6.45, 7) is 3.40. The second-order valence-electron chi connectivity index (χ2n) is 6.14. The van der Waals surface area contributed by atoms with Gasteiger partial charge in [0.15, 0.2) is 4.34 Å². The first-order valence-corrected chi connectivity index (χ1v) is 9.68. The highest BCUT2D eigenvalue weighted by molar-refractivity contribution is 8.01. The molecular formula is C17H19N3OS2. The van der Waals surface area contributed by atoms with Gasteiger partial charge in [0.1, 0.15) is 0 Å². The summed E-state index contributed by atoms with van der Waals surface area (Å²) in [4.78, 5) is 20.3. The van der Waals surface area contributed by atoms with Gasteiger partial charge in [-0.1, -0.05) is 11.8 Å². The average Bonchev–Trinajstić information content (AvgIpc) is 3.09. The van der Waals surface area contributed by atoms with Crippen LogP contribution in [0.15, 0.2) is 45.1 Å². The molecule has 1 amide bonds. The van der Waals surface area contributed by atoms with E-state index in [0.717, 1.165) is 21.3 Å². The van der Waals surface area contributed by atoms with Crippen LogP contribution in [-0.4, -0.2) is 41.5 Å². The summed E-state index contributed by atoms with van der Waals surface area (Å²) >= 11 is 3.26. The van der Waals surface area contributed by atoms with Crippen LogP contribution in [0.3, 0.4) is 0 Å². The summed E-state index contributed by atoms with van der Waals surface area (Å²) in [6, 6.07) is 8.13. The summed E-state index contributed by atoms with van der Waals surface area (Å²) in [5.41, 5.74) is 0.741. The highest BCUT2D eigenvalue weighted by Gasteiger charge is 2.34. The van der Waals surface area contributed by atoms with E-state index in [-0.39, 0.29) is 5.91 Å². The normalized spacial score (nSPS) is 26.2. The van der Waals surface area contributed by atoms with Crippen molar-refractivity contribution in [3.8, 4) is 0 Å². The molecule has 1 aromatic heterocycles. The molecule has 2 aromatic rings. The molecule has 4 nitrogen and oxygen atoms in total. The van der Waals surface area contributed by atoms with E-state index in [1.807, 2.05) is 35.8 Å². The molecule has 0 aliphatic carbocycles. The van der Waals surface area contributed by atoms with Gasteiger partial charge >= 0.3 is 0 Å². The first kappa shape index (κ1) is 15.2. The molecule has 4 heterocycles. The number of thiazole rings is 1. The third-order valence-electron chi connectivity index (χ3n) is 4.70. The second-order valence-corrected chi connectivity index (χ2v) is 8.36. The zero-order valence-electron chi connectivity index (χ0n) is 12.8. The Morgan fingerprint density at radius 2 is 2.04 bits per heavy atom. The van der Waals surface area contributed by atoms with Crippen molar-refractivity contribution >= 4 is 29.0 Å². The van der Waals surface area contributed by atoms with Gasteiger partial charge in [0.2, 0.25) is 0 Å². The van der Waals surface area contributed by atoms with Gasteiger partial charge in [-0.15, -0.1) is 11.3 Å². The topological polar surface area (TPSA) is 45.2 Å². The number of fused-ring (bicyclic) bond motifs is 3. The van der Waals surface area contributed by atoms with E-state index in [2.05, 4.69) is 15.2 Å². The number of rotatable bonds is 4. The molecule has 120 valence electrons. The molecule has 3 aliphatic rings. The number of hydrogen-bond acceptors (Lipinski definition) is 5. The molecule has 0 spiro atoms. The van der Waals surface area contributed by atoms with Gasteiger partial charge in [-0.2, -0.15) is 0 Å². The van der Waals surface area contributed by atoms with Crippen molar-refractivity contribution in [3.05, 3.63) is 41.4 Å². The lowest BCUT2D eigenvalue weighted by Crippen LogP contribution is -2.57. The molecule has 3 aliphatic heterocycles. The van der Waals surface area contributed by atoms with Crippen LogP contribution in [0.1, 0.15) is 23.2 Å². The maximum atomic E-state index is 12.5. The lowest BCUT2D eigenvalue weighted by atomic mass is 9.84. The smallest absolute Gasteiger partial charge is 0.251 e. The maximum absolute atomic E-state index is 12.5. The van der Waals surface area contributed by atoms with Gasteiger partial charge in [0, 0.05) is 34.6 Å². The minimum absolute atomic E-state index is 0.0505. The number of benzene rings is 1. The van der Waals surface area contributed by atoms with E-state index in [4.69, 9.17) is 0 Å². The summed E-state index contributed by atoms with van der Waals surface area (Å²) in [6.07, 6.45) is 4.24. The molecule has 5 rings (SSSR count). The summed E-state index contributed by atoms with van der Waals surface area (Å²) in [7, 11) is 0. The van der Waals surface area contributed by atoms with Crippen molar-refractivity contribution in [3.63, 3.8) is 0 Å². The van der Waals surface area contributed by atoms with Crippen molar-refractivity contribution in [1.29, 1.82) is 0 Å². The largest absolute Gasteiger partial charge is 0.348 e. The van der Waals surface area contributed by atoms with Crippen molar-refractivity contribution in [2.24, 2.45) is 5.92 Å². The van der Waals surface area contributed by atoms with Crippen molar-refractivity contribution in [1.82, 2.24) is 15.2 Å². The predicted octanol–water partition coefficient (Wildman–Crippen LogP) is 3.12. The van der Waals surface area contributed by atoms with Crippen molar-refractivity contribution in [2.45, 2.75) is 28.1 Å². The number of nitrogens with zero attached hydrogens (tertiary/aromatic N) is 2. The Balaban J connectivity index is 1.38. The molecule has 1 aromatic carbocycles. The van der Waals surface area contributed by atoms with Crippen LogP contribution in [0, 0.1) is 5.92 Å². The minimum Gasteiger partial charge on any atom is -0.348 e. The predicted molar refractivity (Wildman–Crippen MR) is 93.1 cm³/mol. The summed E-state index contributed by atoms with van der Waals surface area (Å²) in [5, 5.41) is 5.20. The van der Waals surface area contributed by atoms with Crippen LogP contribution in [0.4, 0.5) is 0 Å². The number of carbonyl (C=O) groups is 1. The van der Waals surface area contributed by atoms with E-state index in [0.29, 0.717) is 12.0 Å². The summed E-state index contributed by atoms with van der Waals surface area (Å²) in [5.74, 6) is 0.707. The van der Waals surface area contributed by atoms with Crippen LogP contribution >= 0.6 is 23.1 Å². The highest BCUT2D eigenvalue weighted by atomic mass is 32.2. The SMILES string of the molecule is O=C(NC1CN2CCC1CC2)c1ccc(Sc2nccs2)cc1. The average molecular weight is 345 g/mol. The Labute approximate surface area is 144 Å². The van der Waals surface area contributed by atoms with Gasteiger partial charge in [-0.05, 0) is 56.1 Å². The number of nitrogens with one attached hydrogen (secondary N) is 1. The van der Waals surface area contributed by atoms with E-state index >= 15 is 0 Å². The Morgan fingerprint density at radius 1 is 1.26 bits per heavy atom. The Kier molecular flexibility index (Phi) is 4.37. The number of piperidine rings is 3. The first-order valence-electron chi connectivity index (χ1n) is 7.98. The van der Waals surface area contributed by atoms with Crippen LogP contribution in [-0.2, 0) is 0 Å². The van der Waals surface area contributed by atoms with E-state index < -0.39 is 0 Å². The monoisotopic (exact) mass is 345 g/mol. The number of carbonyl (C=O) groups excluding carboxylic acids is 1. The van der Waals surface area contributed by atoms with Gasteiger partial charge < -0.3 is 10.2 Å². The van der Waals surface area contributed by atoms with Crippen LogP contribution in [0.5, 0.6) is 0 Å². The molecule has 0 radical (unpaired) electrons. The van der Waals surface area contributed by atoms with Crippen molar-refractivity contribution in [2.75, 3.05) is 19.6 Å². The zero-order chi connectivity index (χ0) is 15.6.